The molecule has 2 aromatic rings. The van der Waals surface area contributed by atoms with Gasteiger partial charge in [0, 0.05) is 16.1 Å². The fourth-order valence-electron chi connectivity index (χ4n) is 2.68. The van der Waals surface area contributed by atoms with Gasteiger partial charge in [-0.05, 0) is 42.8 Å². The third-order valence-electron chi connectivity index (χ3n) is 4.02. The molecule has 0 aliphatic heterocycles. The number of carboxylic acid groups (broad SMARTS) is 1. The molecule has 7 heteroatoms. The molecule has 0 aromatic heterocycles. The molecule has 6 nitrogen and oxygen atoms in total. The lowest BCUT2D eigenvalue weighted by Crippen LogP contribution is -2.31. The maximum atomic E-state index is 12.5. The molecule has 0 aliphatic rings. The highest BCUT2D eigenvalue weighted by atomic mass is 35.5. The van der Waals surface area contributed by atoms with Crippen molar-refractivity contribution in [1.29, 1.82) is 0 Å². The van der Waals surface area contributed by atoms with Crippen LogP contribution in [0.4, 0.5) is 0 Å². The molecule has 142 valence electrons. The van der Waals surface area contributed by atoms with Crippen LogP contribution in [0.5, 0.6) is 5.75 Å². The molecule has 0 aliphatic carbocycles. The summed E-state index contributed by atoms with van der Waals surface area (Å²) in [5, 5.41) is 12.4. The van der Waals surface area contributed by atoms with E-state index in [0.29, 0.717) is 27.5 Å². The SMILES string of the molecule is COc1ccc(C(C)=O)cc1CC(=O)N[C@@H](CC(=O)O)c1ccc(Cl)cc1. The van der Waals surface area contributed by atoms with E-state index in [2.05, 4.69) is 5.32 Å². The number of hydrogen-bond donors (Lipinski definition) is 2. The van der Waals surface area contributed by atoms with E-state index in [1.807, 2.05) is 0 Å². The van der Waals surface area contributed by atoms with Crippen LogP contribution in [0.3, 0.4) is 0 Å². The Morgan fingerprint density at radius 3 is 2.37 bits per heavy atom. The summed E-state index contributed by atoms with van der Waals surface area (Å²) in [6.45, 7) is 1.44. The van der Waals surface area contributed by atoms with Crippen molar-refractivity contribution in [3.63, 3.8) is 0 Å². The Morgan fingerprint density at radius 2 is 1.81 bits per heavy atom. The largest absolute Gasteiger partial charge is 0.496 e. The molecule has 2 N–H and O–H groups in total. The number of carboxylic acids is 1. The molecule has 27 heavy (non-hydrogen) atoms. The van der Waals surface area contributed by atoms with E-state index in [0.717, 1.165) is 0 Å². The van der Waals surface area contributed by atoms with Crippen molar-refractivity contribution in [3.8, 4) is 5.75 Å². The van der Waals surface area contributed by atoms with Gasteiger partial charge in [0.15, 0.2) is 5.78 Å². The number of amides is 1. The van der Waals surface area contributed by atoms with Crippen molar-refractivity contribution >= 4 is 29.3 Å². The van der Waals surface area contributed by atoms with Crippen LogP contribution in [0.25, 0.3) is 0 Å². The van der Waals surface area contributed by atoms with Crippen LogP contribution >= 0.6 is 11.6 Å². The van der Waals surface area contributed by atoms with Crippen molar-refractivity contribution in [1.82, 2.24) is 5.32 Å². The summed E-state index contributed by atoms with van der Waals surface area (Å²) in [5.74, 6) is -1.05. The zero-order valence-corrected chi connectivity index (χ0v) is 15.7. The predicted molar refractivity (Wildman–Crippen MR) is 101 cm³/mol. The molecule has 1 atom stereocenters. The number of methoxy groups -OCH3 is 1. The molecule has 2 aromatic carbocycles. The minimum atomic E-state index is -1.04. The monoisotopic (exact) mass is 389 g/mol. The molecule has 0 saturated carbocycles. The Kier molecular flexibility index (Phi) is 6.96. The van der Waals surface area contributed by atoms with E-state index in [1.165, 1.54) is 14.0 Å². The summed E-state index contributed by atoms with van der Waals surface area (Å²) in [6.07, 6.45) is -0.313. The first-order chi connectivity index (χ1) is 12.8. The van der Waals surface area contributed by atoms with Gasteiger partial charge in [-0.25, -0.2) is 0 Å². The highest BCUT2D eigenvalue weighted by molar-refractivity contribution is 6.30. The van der Waals surface area contributed by atoms with Crippen molar-refractivity contribution in [2.45, 2.75) is 25.8 Å². The van der Waals surface area contributed by atoms with Gasteiger partial charge in [-0.15, -0.1) is 0 Å². The molecule has 1 amide bonds. The van der Waals surface area contributed by atoms with Crippen LogP contribution in [0.1, 0.15) is 40.9 Å². The number of carbonyl (C=O) groups excluding carboxylic acids is 2. The van der Waals surface area contributed by atoms with E-state index in [-0.39, 0.29) is 24.5 Å². The van der Waals surface area contributed by atoms with E-state index >= 15 is 0 Å². The third kappa shape index (κ3) is 5.82. The van der Waals surface area contributed by atoms with Crippen molar-refractivity contribution < 1.29 is 24.2 Å². The molecule has 0 saturated heterocycles. The number of hydrogen-bond acceptors (Lipinski definition) is 4. The van der Waals surface area contributed by atoms with Gasteiger partial charge in [-0.1, -0.05) is 23.7 Å². The summed E-state index contributed by atoms with van der Waals surface area (Å²) < 4.78 is 5.25. The molecule has 0 unspecified atom stereocenters. The van der Waals surface area contributed by atoms with Gasteiger partial charge in [0.25, 0.3) is 0 Å². The van der Waals surface area contributed by atoms with Gasteiger partial charge in [0.2, 0.25) is 5.91 Å². The van der Waals surface area contributed by atoms with E-state index in [4.69, 9.17) is 21.4 Å². The summed E-state index contributed by atoms with van der Waals surface area (Å²) in [7, 11) is 1.48. The standard InChI is InChI=1S/C20H20ClNO5/c1-12(23)14-5-8-18(27-2)15(9-14)10-19(24)22-17(11-20(25)26)13-3-6-16(21)7-4-13/h3-9,17H,10-11H2,1-2H3,(H,22,24)(H,25,26)/t17-/m0/s1. The maximum Gasteiger partial charge on any atom is 0.305 e. The molecular formula is C20H20ClNO5. The number of rotatable bonds is 8. The predicted octanol–water partition coefficient (Wildman–Crippen LogP) is 3.43. The van der Waals surface area contributed by atoms with E-state index in [1.54, 1.807) is 42.5 Å². The van der Waals surface area contributed by atoms with Crippen LogP contribution in [-0.4, -0.2) is 29.9 Å². The number of Topliss-reactive ketones (excluding diaryl/α,β-unsaturated/α-hetero) is 1. The van der Waals surface area contributed by atoms with E-state index < -0.39 is 12.0 Å². The van der Waals surface area contributed by atoms with Crippen LogP contribution in [-0.2, 0) is 16.0 Å². The molecule has 0 spiro atoms. The third-order valence-corrected chi connectivity index (χ3v) is 4.28. The fraction of sp³-hybridized carbons (Fsp3) is 0.250. The van der Waals surface area contributed by atoms with Crippen LogP contribution in [0, 0.1) is 0 Å². The molecule has 0 fully saturated rings. The number of carbonyl (C=O) groups is 3. The summed E-state index contributed by atoms with van der Waals surface area (Å²) >= 11 is 5.86. The maximum absolute atomic E-state index is 12.5. The Hall–Kier alpha value is -2.86. The molecule has 0 heterocycles. The number of nitrogens with one attached hydrogen (secondary N) is 1. The van der Waals surface area contributed by atoms with Crippen LogP contribution < -0.4 is 10.1 Å². The van der Waals surface area contributed by atoms with Crippen LogP contribution in [0.2, 0.25) is 5.02 Å². The molecular weight excluding hydrogens is 370 g/mol. The quantitative estimate of drug-likeness (QED) is 0.675. The number of ether oxygens (including phenoxy) is 1. The summed E-state index contributed by atoms with van der Waals surface area (Å²) in [4.78, 5) is 35.3. The topological polar surface area (TPSA) is 92.7 Å². The second-order valence-electron chi connectivity index (χ2n) is 6.03. The smallest absolute Gasteiger partial charge is 0.305 e. The minimum Gasteiger partial charge on any atom is -0.496 e. The summed E-state index contributed by atoms with van der Waals surface area (Å²) in [6, 6.07) is 10.8. The first-order valence-corrected chi connectivity index (χ1v) is 8.62. The van der Waals surface area contributed by atoms with E-state index in [9.17, 15) is 14.4 Å². The number of ketones is 1. The highest BCUT2D eigenvalue weighted by Crippen LogP contribution is 2.23. The zero-order valence-electron chi connectivity index (χ0n) is 15.0. The first-order valence-electron chi connectivity index (χ1n) is 8.24. The lowest BCUT2D eigenvalue weighted by atomic mass is 10.0. The number of benzene rings is 2. The lowest BCUT2D eigenvalue weighted by Gasteiger charge is -2.18. The molecule has 0 radical (unpaired) electrons. The van der Waals surface area contributed by atoms with Gasteiger partial charge in [-0.3, -0.25) is 14.4 Å². The number of aliphatic carboxylic acids is 1. The van der Waals surface area contributed by atoms with Crippen molar-refractivity contribution in [2.75, 3.05) is 7.11 Å². The van der Waals surface area contributed by atoms with Crippen molar-refractivity contribution in [2.24, 2.45) is 0 Å². The lowest BCUT2D eigenvalue weighted by molar-refractivity contribution is -0.137. The molecule has 2 rings (SSSR count). The normalized spacial score (nSPS) is 11.5. The fourth-order valence-corrected chi connectivity index (χ4v) is 2.80. The van der Waals surface area contributed by atoms with Gasteiger partial charge in [0.05, 0.1) is 26.0 Å². The first kappa shape index (κ1) is 20.5. The zero-order chi connectivity index (χ0) is 20.0. The van der Waals surface area contributed by atoms with Gasteiger partial charge >= 0.3 is 5.97 Å². The molecule has 0 bridgehead atoms. The second kappa shape index (κ2) is 9.19. The van der Waals surface area contributed by atoms with Gasteiger partial charge < -0.3 is 15.2 Å². The second-order valence-corrected chi connectivity index (χ2v) is 6.47. The average molecular weight is 390 g/mol. The Bertz CT molecular complexity index is 848. The van der Waals surface area contributed by atoms with Crippen molar-refractivity contribution in [3.05, 3.63) is 64.2 Å². The summed E-state index contributed by atoms with van der Waals surface area (Å²) in [5.41, 5.74) is 1.66. The Balaban J connectivity index is 2.20. The van der Waals surface area contributed by atoms with Gasteiger partial charge in [0.1, 0.15) is 5.75 Å². The Labute approximate surface area is 162 Å². The van der Waals surface area contributed by atoms with Gasteiger partial charge in [-0.2, -0.15) is 0 Å². The highest BCUT2D eigenvalue weighted by Gasteiger charge is 2.19. The van der Waals surface area contributed by atoms with Crippen LogP contribution in [0.15, 0.2) is 42.5 Å². The number of halogens is 1. The Morgan fingerprint density at radius 1 is 1.15 bits per heavy atom. The average Bonchev–Trinajstić information content (AvgIpc) is 2.61. The minimum absolute atomic E-state index is 0.0476.